The van der Waals surface area contributed by atoms with Crippen molar-refractivity contribution in [3.8, 4) is 23.0 Å². The van der Waals surface area contributed by atoms with Crippen LogP contribution in [0.1, 0.15) is 99.6 Å². The fraction of sp³-hybridized carbons (Fsp3) is 0.226. The van der Waals surface area contributed by atoms with Crippen LogP contribution in [0.25, 0.3) is 55.1 Å². The van der Waals surface area contributed by atoms with Gasteiger partial charge < -0.3 is 9.30 Å². The summed E-state index contributed by atoms with van der Waals surface area (Å²) in [6.45, 7) is 20.1. The molecule has 10 aromatic rings. The molecule has 338 valence electrons. The van der Waals surface area contributed by atoms with Crippen LogP contribution in [-0.2, 0) is 16.2 Å². The van der Waals surface area contributed by atoms with Gasteiger partial charge in [0.2, 0.25) is 0 Å². The first-order valence-corrected chi connectivity index (χ1v) is 23.2. The van der Waals surface area contributed by atoms with E-state index in [1.54, 1.807) is 18.3 Å². The van der Waals surface area contributed by atoms with Gasteiger partial charge in [-0.15, -0.1) is 0 Å². The molecule has 6 nitrogen and oxygen atoms in total. The number of para-hydroxylation sites is 3. The maximum absolute atomic E-state index is 9.15. The number of nitrogens with zero attached hydrogens (tertiary/aromatic N) is 5. The Morgan fingerprint density at radius 2 is 1.22 bits per heavy atom. The van der Waals surface area contributed by atoms with E-state index in [2.05, 4.69) is 110 Å². The third-order valence-electron chi connectivity index (χ3n) is 14.2. The second-order valence-corrected chi connectivity index (χ2v) is 21.7. The zero-order valence-corrected chi connectivity index (χ0v) is 39.9. The molecule has 0 N–H and O–H groups in total. The van der Waals surface area contributed by atoms with Crippen molar-refractivity contribution in [3.63, 3.8) is 0 Å². The normalized spacial score (nSPS) is 20.6. The van der Waals surface area contributed by atoms with Crippen molar-refractivity contribution in [2.75, 3.05) is 6.67 Å². The first kappa shape index (κ1) is 31.9. The van der Waals surface area contributed by atoms with Gasteiger partial charge in [-0.3, -0.25) is 13.5 Å². The van der Waals surface area contributed by atoms with Gasteiger partial charge in [0.05, 0.1) is 39.7 Å². The molecule has 7 aromatic carbocycles. The second kappa shape index (κ2) is 14.5. The van der Waals surface area contributed by atoms with E-state index >= 15 is 0 Å². The van der Waals surface area contributed by atoms with Gasteiger partial charge in [-0.05, 0) is 106 Å². The number of benzene rings is 7. The molecule has 6 heteroatoms. The van der Waals surface area contributed by atoms with Crippen LogP contribution in [0.15, 0.2) is 164 Å². The molecular formula is C62H60N5O+. The average molecular weight is 902 g/mol. The van der Waals surface area contributed by atoms with Crippen molar-refractivity contribution in [3.05, 3.63) is 193 Å². The third-order valence-corrected chi connectivity index (χ3v) is 14.2. The average Bonchev–Trinajstić information content (AvgIpc) is 2.09. The van der Waals surface area contributed by atoms with Gasteiger partial charge in [-0.25, -0.2) is 4.98 Å². The smallest absolute Gasteiger partial charge is 0.186 e. The van der Waals surface area contributed by atoms with E-state index in [1.165, 1.54) is 15.7 Å². The predicted octanol–water partition coefficient (Wildman–Crippen LogP) is 16.7. The summed E-state index contributed by atoms with van der Waals surface area (Å²) in [5.74, 6) is 1.76. The largest absolute Gasteiger partial charge is 0.457 e. The van der Waals surface area contributed by atoms with Gasteiger partial charge in [0, 0.05) is 73.4 Å². The predicted molar refractivity (Wildman–Crippen MR) is 285 cm³/mol. The number of pyridine rings is 1. The van der Waals surface area contributed by atoms with Gasteiger partial charge in [0.25, 0.3) is 0 Å². The topological polar surface area (TPSA) is 32.0 Å². The number of quaternary nitrogens is 2. The molecule has 0 aliphatic carbocycles. The zero-order chi connectivity index (χ0) is 56.6. The van der Waals surface area contributed by atoms with Crippen LogP contribution in [0.2, 0.25) is 0 Å². The van der Waals surface area contributed by atoms with Crippen LogP contribution in [0.5, 0.6) is 11.5 Å². The lowest BCUT2D eigenvalue weighted by Gasteiger charge is -2.56. The minimum Gasteiger partial charge on any atom is -0.457 e. The molecular weight excluding hydrogens is 831 g/mol. The molecule has 2 bridgehead atoms. The lowest BCUT2D eigenvalue weighted by molar-refractivity contribution is 0.186. The van der Waals surface area contributed by atoms with Gasteiger partial charge in [-0.1, -0.05) is 123 Å². The molecule has 3 aliphatic rings. The van der Waals surface area contributed by atoms with Crippen molar-refractivity contribution < 1.29 is 19.8 Å². The first-order chi connectivity index (χ1) is 37.0. The molecule has 6 heterocycles. The van der Waals surface area contributed by atoms with Gasteiger partial charge in [0.1, 0.15) is 28.7 Å². The minimum absolute atomic E-state index is 0.00893. The Labute approximate surface area is 415 Å². The van der Waals surface area contributed by atoms with E-state index in [0.29, 0.717) is 39.7 Å². The number of hydrogen-bond acceptors (Lipinski definition) is 2. The molecule has 1 saturated heterocycles. The third kappa shape index (κ3) is 6.34. The van der Waals surface area contributed by atoms with Gasteiger partial charge in [-0.2, -0.15) is 0 Å². The Kier molecular flexibility index (Phi) is 6.80. The standard InChI is InChI=1S/C62H60N5O/c1-40-17-15-24-57-59(40)67(46-32-42(61(5,6)7)31-43(33-46)62(8,9)10)38-66(57,39-67)45-18-16-19-47(36-45)68-48-26-27-51-52-35-44(64-53-22-13-11-20-49(53)50-21-12-14-23-54(50)64)25-28-55(52)65(56(51)37-48)58-34-41(29-30-63-58)60(2,3)4/h11-38H,39H2,1-10H3/q+1/t66-,67+/m1/s1/i1D3,11D,12D,13D,14D,20D,21D,22D,23D. The molecule has 3 aromatic heterocycles. The number of ether oxygens (including phenoxy) is 1. The summed E-state index contributed by atoms with van der Waals surface area (Å²) in [7, 11) is 0. The van der Waals surface area contributed by atoms with E-state index in [4.69, 9.17) is 24.8 Å². The summed E-state index contributed by atoms with van der Waals surface area (Å²) in [6, 6.07) is 32.4. The maximum atomic E-state index is 9.15. The van der Waals surface area contributed by atoms with E-state index in [1.807, 2.05) is 60.7 Å². The van der Waals surface area contributed by atoms with Crippen LogP contribution in [0, 0.1) is 13.5 Å². The van der Waals surface area contributed by atoms with Gasteiger partial charge >= 0.3 is 0 Å². The van der Waals surface area contributed by atoms with E-state index < -0.39 is 43.1 Å². The van der Waals surface area contributed by atoms with Crippen molar-refractivity contribution >= 4 is 66.4 Å². The second-order valence-electron chi connectivity index (χ2n) is 21.7. The molecule has 1 fully saturated rings. The van der Waals surface area contributed by atoms with Crippen LogP contribution in [0.4, 0.5) is 22.7 Å². The SMILES string of the molecule is [2H]c1c([2H])c([2H])c2c(c1[2H])c1c([2H])c([2H])c([2H])c([2H])c1n2-c1ccc2c(c1)c1ccc(Oc3cccc([N@@+]45[CH-][N@@+](c6cc(C(C)(C)C)cc(C(C)(C)C)c6)(C4)c4c(C([2H])([2H])[2H])cccc45)c3)cc1n2-c1cc(C(C)(C)C)ccn1. The van der Waals surface area contributed by atoms with Crippen molar-refractivity contribution in [2.45, 2.75) is 85.4 Å². The zero-order valence-electron chi connectivity index (χ0n) is 50.9. The Morgan fingerprint density at radius 3 is 1.90 bits per heavy atom. The van der Waals surface area contributed by atoms with Crippen LogP contribution >= 0.6 is 0 Å². The Bertz CT molecular complexity index is 4170. The van der Waals surface area contributed by atoms with E-state index in [9.17, 15) is 0 Å². The molecule has 0 unspecified atom stereocenters. The van der Waals surface area contributed by atoms with Gasteiger partial charge in [0.15, 0.2) is 18.0 Å². The molecule has 68 heavy (non-hydrogen) atoms. The van der Waals surface area contributed by atoms with Crippen LogP contribution < -0.4 is 13.7 Å². The molecule has 0 spiro atoms. The van der Waals surface area contributed by atoms with E-state index in [-0.39, 0.29) is 54.6 Å². The highest BCUT2D eigenvalue weighted by Gasteiger charge is 2.63. The number of rotatable bonds is 6. The highest BCUT2D eigenvalue weighted by molar-refractivity contribution is 6.12. The minimum atomic E-state index is -2.36. The van der Waals surface area contributed by atoms with Crippen LogP contribution in [-0.4, -0.2) is 20.8 Å². The lowest BCUT2D eigenvalue weighted by atomic mass is 9.80. The Morgan fingerprint density at radius 1 is 0.559 bits per heavy atom. The van der Waals surface area contributed by atoms with E-state index in [0.717, 1.165) is 50.1 Å². The van der Waals surface area contributed by atoms with Crippen molar-refractivity contribution in [1.29, 1.82) is 0 Å². The Hall–Kier alpha value is -6.99. The number of fused-ring (bicyclic) bond motifs is 6. The molecule has 0 radical (unpaired) electrons. The summed E-state index contributed by atoms with van der Waals surface area (Å²) in [5, 5.41) is 1.57. The molecule has 3 aliphatic heterocycles. The van der Waals surface area contributed by atoms with Crippen LogP contribution in [0.3, 0.4) is 0 Å². The first-order valence-electron chi connectivity index (χ1n) is 28.7. The fourth-order valence-electron chi connectivity index (χ4n) is 10.5. The molecule has 2 atom stereocenters. The highest BCUT2D eigenvalue weighted by atomic mass is 16.5. The lowest BCUT2D eigenvalue weighted by Crippen LogP contribution is -2.67. The maximum Gasteiger partial charge on any atom is 0.186 e. The quantitative estimate of drug-likeness (QED) is 0.123. The number of aromatic nitrogens is 3. The Balaban J connectivity index is 1.01. The molecule has 0 amide bonds. The summed E-state index contributed by atoms with van der Waals surface area (Å²) in [4.78, 5) is 4.92. The summed E-state index contributed by atoms with van der Waals surface area (Å²) >= 11 is 0. The van der Waals surface area contributed by atoms with Crippen molar-refractivity contribution in [1.82, 2.24) is 23.1 Å². The fourth-order valence-corrected chi connectivity index (χ4v) is 10.5. The highest BCUT2D eigenvalue weighted by Crippen LogP contribution is 2.66. The molecule has 13 rings (SSSR count). The summed E-state index contributed by atoms with van der Waals surface area (Å²) in [5.41, 5.74) is 8.89. The number of aryl methyl sites for hydroxylation is 1. The van der Waals surface area contributed by atoms with Crippen molar-refractivity contribution in [2.24, 2.45) is 0 Å². The summed E-state index contributed by atoms with van der Waals surface area (Å²) < 4.78 is 108. The monoisotopic (exact) mass is 902 g/mol. The molecule has 0 saturated carbocycles. The number of hydrogen-bond donors (Lipinski definition) is 0. The summed E-state index contributed by atoms with van der Waals surface area (Å²) in [6.07, 6.45) is 1.79.